The monoisotopic (exact) mass is 256 g/mol. The summed E-state index contributed by atoms with van der Waals surface area (Å²) in [6.07, 6.45) is 0. The van der Waals surface area contributed by atoms with Gasteiger partial charge in [0.05, 0.1) is 5.56 Å². The Morgan fingerprint density at radius 3 is 2.43 bits per heavy atom. The minimum Gasteiger partial charge on any atom is -0.478 e. The number of rotatable bonds is 2. The normalized spacial score (nSPS) is 10.6. The van der Waals surface area contributed by atoms with E-state index < -0.39 is 5.97 Å². The van der Waals surface area contributed by atoms with Crippen LogP contribution >= 0.6 is 15.9 Å². The van der Waals surface area contributed by atoms with Gasteiger partial charge in [-0.25, -0.2) is 4.79 Å². The summed E-state index contributed by atoms with van der Waals surface area (Å²) >= 11 is 3.37. The van der Waals surface area contributed by atoms with E-state index in [9.17, 15) is 4.79 Å². The van der Waals surface area contributed by atoms with Gasteiger partial charge in [-0.15, -0.1) is 0 Å². The average molecular weight is 257 g/mol. The Hall–Kier alpha value is -0.830. The number of aryl methyl sites for hydroxylation is 1. The summed E-state index contributed by atoms with van der Waals surface area (Å²) < 4.78 is 0.934. The molecule has 76 valence electrons. The summed E-state index contributed by atoms with van der Waals surface area (Å²) in [6.45, 7) is 5.81. The Bertz CT molecular complexity index is 370. The van der Waals surface area contributed by atoms with Gasteiger partial charge in [-0.2, -0.15) is 0 Å². The Kier molecular flexibility index (Phi) is 3.32. The molecule has 0 unspecified atom stereocenters. The third-order valence-corrected chi connectivity index (χ3v) is 2.62. The number of carboxylic acid groups (broad SMARTS) is 1. The van der Waals surface area contributed by atoms with Crippen molar-refractivity contribution in [3.8, 4) is 0 Å². The topological polar surface area (TPSA) is 37.3 Å². The molecule has 0 saturated carbocycles. The van der Waals surface area contributed by atoms with Crippen LogP contribution in [0.15, 0.2) is 16.6 Å². The summed E-state index contributed by atoms with van der Waals surface area (Å²) in [6, 6.07) is 3.70. The summed E-state index contributed by atoms with van der Waals surface area (Å²) in [5.41, 5.74) is 2.11. The molecule has 0 aliphatic rings. The summed E-state index contributed by atoms with van der Waals surface area (Å²) in [7, 11) is 0. The van der Waals surface area contributed by atoms with Crippen LogP contribution in [-0.4, -0.2) is 11.1 Å². The highest BCUT2D eigenvalue weighted by Crippen LogP contribution is 2.26. The van der Waals surface area contributed by atoms with Crippen molar-refractivity contribution >= 4 is 21.9 Å². The first-order valence-electron chi connectivity index (χ1n) is 4.46. The number of hydrogen-bond donors (Lipinski definition) is 1. The largest absolute Gasteiger partial charge is 0.478 e. The molecule has 2 nitrogen and oxygen atoms in total. The van der Waals surface area contributed by atoms with Crippen LogP contribution in [0.25, 0.3) is 0 Å². The first kappa shape index (κ1) is 11.2. The predicted molar refractivity (Wildman–Crippen MR) is 59.9 cm³/mol. The molecule has 3 heteroatoms. The molecule has 0 radical (unpaired) electrons. The van der Waals surface area contributed by atoms with E-state index in [1.807, 2.05) is 32.9 Å². The Morgan fingerprint density at radius 1 is 1.43 bits per heavy atom. The highest BCUT2D eigenvalue weighted by atomic mass is 79.9. The lowest BCUT2D eigenvalue weighted by atomic mass is 9.94. The molecule has 0 aliphatic carbocycles. The Morgan fingerprint density at radius 2 is 2.00 bits per heavy atom. The molecular weight excluding hydrogens is 244 g/mol. The van der Waals surface area contributed by atoms with E-state index in [0.29, 0.717) is 5.56 Å². The maximum atomic E-state index is 11.0. The number of carboxylic acids is 1. The Balaban J connectivity index is 3.44. The average Bonchev–Trinajstić information content (AvgIpc) is 2.01. The van der Waals surface area contributed by atoms with Gasteiger partial charge in [-0.1, -0.05) is 29.8 Å². The fourth-order valence-corrected chi connectivity index (χ4v) is 2.11. The number of hydrogen-bond acceptors (Lipinski definition) is 1. The maximum Gasteiger partial charge on any atom is 0.336 e. The van der Waals surface area contributed by atoms with Crippen molar-refractivity contribution in [2.24, 2.45) is 0 Å². The molecule has 0 spiro atoms. The lowest BCUT2D eigenvalue weighted by Crippen LogP contribution is -2.06. The van der Waals surface area contributed by atoms with E-state index in [0.717, 1.165) is 15.6 Å². The SMILES string of the molecule is Cc1cc(Br)cc(C(C)C)c1C(=O)O. The number of benzene rings is 1. The van der Waals surface area contributed by atoms with Crippen molar-refractivity contribution in [1.82, 2.24) is 0 Å². The van der Waals surface area contributed by atoms with E-state index >= 15 is 0 Å². The van der Waals surface area contributed by atoms with Crippen LogP contribution < -0.4 is 0 Å². The van der Waals surface area contributed by atoms with Crippen molar-refractivity contribution in [2.45, 2.75) is 26.7 Å². The van der Waals surface area contributed by atoms with Crippen molar-refractivity contribution in [1.29, 1.82) is 0 Å². The van der Waals surface area contributed by atoms with Gasteiger partial charge in [0, 0.05) is 4.47 Å². The third kappa shape index (κ3) is 2.15. The van der Waals surface area contributed by atoms with Crippen LogP contribution in [0.2, 0.25) is 0 Å². The molecule has 1 aromatic carbocycles. The third-order valence-electron chi connectivity index (χ3n) is 2.17. The standard InChI is InChI=1S/C11H13BrO2/c1-6(2)9-5-8(12)4-7(3)10(9)11(13)14/h4-6H,1-3H3,(H,13,14). The first-order chi connectivity index (χ1) is 6.43. The molecule has 1 rings (SSSR count). The van der Waals surface area contributed by atoms with Crippen molar-refractivity contribution in [3.05, 3.63) is 33.3 Å². The first-order valence-corrected chi connectivity index (χ1v) is 5.26. The van der Waals surface area contributed by atoms with Gasteiger partial charge >= 0.3 is 5.97 Å². The van der Waals surface area contributed by atoms with Gasteiger partial charge in [0.25, 0.3) is 0 Å². The molecular formula is C11H13BrO2. The van der Waals surface area contributed by atoms with Gasteiger partial charge in [0.2, 0.25) is 0 Å². The summed E-state index contributed by atoms with van der Waals surface area (Å²) in [5.74, 6) is -0.629. The number of halogens is 1. The van der Waals surface area contributed by atoms with Gasteiger partial charge in [0.15, 0.2) is 0 Å². The molecule has 0 amide bonds. The van der Waals surface area contributed by atoms with Crippen LogP contribution in [0.5, 0.6) is 0 Å². The number of carbonyl (C=O) groups is 1. The van der Waals surface area contributed by atoms with Crippen molar-refractivity contribution in [3.63, 3.8) is 0 Å². The molecule has 0 atom stereocenters. The van der Waals surface area contributed by atoms with E-state index in [1.54, 1.807) is 0 Å². The zero-order chi connectivity index (χ0) is 10.9. The highest BCUT2D eigenvalue weighted by Gasteiger charge is 2.16. The van der Waals surface area contributed by atoms with Gasteiger partial charge in [-0.05, 0) is 36.1 Å². The minimum atomic E-state index is -0.848. The predicted octanol–water partition coefficient (Wildman–Crippen LogP) is 3.58. The van der Waals surface area contributed by atoms with E-state index in [1.165, 1.54) is 0 Å². The van der Waals surface area contributed by atoms with Crippen LogP contribution in [-0.2, 0) is 0 Å². The quantitative estimate of drug-likeness (QED) is 0.879. The lowest BCUT2D eigenvalue weighted by Gasteiger charge is -2.12. The second-order valence-corrected chi connectivity index (χ2v) is 4.56. The molecule has 1 N–H and O–H groups in total. The zero-order valence-corrected chi connectivity index (χ0v) is 10.1. The second kappa shape index (κ2) is 4.13. The van der Waals surface area contributed by atoms with E-state index in [-0.39, 0.29) is 5.92 Å². The molecule has 1 aromatic rings. The maximum absolute atomic E-state index is 11.0. The number of aromatic carboxylic acids is 1. The van der Waals surface area contributed by atoms with E-state index in [4.69, 9.17) is 5.11 Å². The van der Waals surface area contributed by atoms with Crippen LogP contribution in [0.1, 0.15) is 41.3 Å². The van der Waals surface area contributed by atoms with Crippen LogP contribution in [0.4, 0.5) is 0 Å². The van der Waals surface area contributed by atoms with Crippen molar-refractivity contribution in [2.75, 3.05) is 0 Å². The lowest BCUT2D eigenvalue weighted by molar-refractivity contribution is 0.0694. The summed E-state index contributed by atoms with van der Waals surface area (Å²) in [4.78, 5) is 11.0. The summed E-state index contributed by atoms with van der Waals surface area (Å²) in [5, 5.41) is 9.07. The van der Waals surface area contributed by atoms with Gasteiger partial charge in [0.1, 0.15) is 0 Å². The molecule has 0 fully saturated rings. The fraction of sp³-hybridized carbons (Fsp3) is 0.364. The van der Waals surface area contributed by atoms with Gasteiger partial charge in [-0.3, -0.25) is 0 Å². The fourth-order valence-electron chi connectivity index (χ4n) is 1.52. The highest BCUT2D eigenvalue weighted by molar-refractivity contribution is 9.10. The molecule has 0 saturated heterocycles. The van der Waals surface area contributed by atoms with Gasteiger partial charge < -0.3 is 5.11 Å². The van der Waals surface area contributed by atoms with Crippen LogP contribution in [0, 0.1) is 6.92 Å². The molecule has 14 heavy (non-hydrogen) atoms. The Labute approximate surface area is 92.1 Å². The zero-order valence-electron chi connectivity index (χ0n) is 8.47. The van der Waals surface area contributed by atoms with E-state index in [2.05, 4.69) is 15.9 Å². The smallest absolute Gasteiger partial charge is 0.336 e. The van der Waals surface area contributed by atoms with Crippen molar-refractivity contribution < 1.29 is 9.90 Å². The molecule has 0 aliphatic heterocycles. The van der Waals surface area contributed by atoms with Crippen LogP contribution in [0.3, 0.4) is 0 Å². The molecule has 0 bridgehead atoms. The second-order valence-electron chi connectivity index (χ2n) is 3.65. The molecule has 0 heterocycles. The minimum absolute atomic E-state index is 0.220. The molecule has 0 aromatic heterocycles.